The number of carbonyl (C=O) groups excluding carboxylic acids is 1. The molecule has 1 saturated carbocycles. The van der Waals surface area contributed by atoms with Crippen molar-refractivity contribution in [2.45, 2.75) is 58.4 Å². The summed E-state index contributed by atoms with van der Waals surface area (Å²) in [6.45, 7) is 5.94. The molecule has 1 fully saturated rings. The minimum atomic E-state index is 0.194. The third kappa shape index (κ3) is 4.97. The summed E-state index contributed by atoms with van der Waals surface area (Å²) in [6.07, 6.45) is 7.22. The molecule has 1 rings (SSSR count). The van der Waals surface area contributed by atoms with Crippen LogP contribution in [0, 0.1) is 5.92 Å². The standard InChI is InChI=1S/C13H26N2O/c1-3-14-10-9-13(16)15-11(2)12-7-5-4-6-8-12/h11-12,14H,3-10H2,1-2H3,(H,15,16)/t11-/m0/s1. The molecule has 0 aromatic carbocycles. The summed E-state index contributed by atoms with van der Waals surface area (Å²) >= 11 is 0. The maximum Gasteiger partial charge on any atom is 0.221 e. The lowest BCUT2D eigenvalue weighted by atomic mass is 9.84. The van der Waals surface area contributed by atoms with Crippen molar-refractivity contribution in [3.8, 4) is 0 Å². The Labute approximate surface area is 99.4 Å². The number of amides is 1. The summed E-state index contributed by atoms with van der Waals surface area (Å²) in [5, 5.41) is 6.30. The third-order valence-corrected chi connectivity index (χ3v) is 3.52. The van der Waals surface area contributed by atoms with Crippen LogP contribution in [0.25, 0.3) is 0 Å². The second-order valence-corrected chi connectivity index (χ2v) is 4.86. The Morgan fingerprint density at radius 3 is 2.62 bits per heavy atom. The van der Waals surface area contributed by atoms with Gasteiger partial charge in [-0.25, -0.2) is 0 Å². The van der Waals surface area contributed by atoms with Gasteiger partial charge in [-0.05, 0) is 32.2 Å². The highest BCUT2D eigenvalue weighted by molar-refractivity contribution is 5.76. The number of rotatable bonds is 6. The van der Waals surface area contributed by atoms with Crippen molar-refractivity contribution in [3.05, 3.63) is 0 Å². The molecule has 2 N–H and O–H groups in total. The second-order valence-electron chi connectivity index (χ2n) is 4.86. The summed E-state index contributed by atoms with van der Waals surface area (Å²) in [7, 11) is 0. The first kappa shape index (κ1) is 13.5. The van der Waals surface area contributed by atoms with Crippen LogP contribution < -0.4 is 10.6 Å². The Bertz CT molecular complexity index is 200. The fraction of sp³-hybridized carbons (Fsp3) is 0.923. The van der Waals surface area contributed by atoms with Gasteiger partial charge >= 0.3 is 0 Å². The van der Waals surface area contributed by atoms with Crippen molar-refractivity contribution in [3.63, 3.8) is 0 Å². The van der Waals surface area contributed by atoms with Crippen LogP contribution in [0.3, 0.4) is 0 Å². The van der Waals surface area contributed by atoms with Gasteiger partial charge in [0.05, 0.1) is 0 Å². The van der Waals surface area contributed by atoms with E-state index in [0.29, 0.717) is 18.4 Å². The van der Waals surface area contributed by atoms with E-state index < -0.39 is 0 Å². The van der Waals surface area contributed by atoms with E-state index in [-0.39, 0.29) is 5.91 Å². The summed E-state index contributed by atoms with van der Waals surface area (Å²) in [5.41, 5.74) is 0. The Hall–Kier alpha value is -0.570. The van der Waals surface area contributed by atoms with Gasteiger partial charge in [-0.1, -0.05) is 26.2 Å². The topological polar surface area (TPSA) is 41.1 Å². The van der Waals surface area contributed by atoms with E-state index in [1.165, 1.54) is 32.1 Å². The molecule has 0 aromatic heterocycles. The summed E-state index contributed by atoms with van der Waals surface area (Å²) in [5.74, 6) is 0.899. The summed E-state index contributed by atoms with van der Waals surface area (Å²) in [6, 6.07) is 0.356. The molecule has 1 amide bonds. The van der Waals surface area contributed by atoms with E-state index in [4.69, 9.17) is 0 Å². The largest absolute Gasteiger partial charge is 0.353 e. The van der Waals surface area contributed by atoms with Crippen LogP contribution >= 0.6 is 0 Å². The predicted molar refractivity (Wildman–Crippen MR) is 67.3 cm³/mol. The zero-order valence-corrected chi connectivity index (χ0v) is 10.7. The Balaban J connectivity index is 2.16. The van der Waals surface area contributed by atoms with Crippen molar-refractivity contribution in [1.82, 2.24) is 10.6 Å². The monoisotopic (exact) mass is 226 g/mol. The van der Waals surface area contributed by atoms with Crippen LogP contribution in [0.5, 0.6) is 0 Å². The molecule has 0 bridgehead atoms. The maximum absolute atomic E-state index is 11.6. The minimum Gasteiger partial charge on any atom is -0.353 e. The Kier molecular flexibility index (Phi) is 6.46. The maximum atomic E-state index is 11.6. The Morgan fingerprint density at radius 1 is 1.31 bits per heavy atom. The molecular formula is C13H26N2O. The lowest BCUT2D eigenvalue weighted by Gasteiger charge is -2.28. The van der Waals surface area contributed by atoms with Crippen molar-refractivity contribution in [1.29, 1.82) is 0 Å². The average molecular weight is 226 g/mol. The van der Waals surface area contributed by atoms with Gasteiger partial charge < -0.3 is 10.6 Å². The molecule has 1 aliphatic rings. The lowest BCUT2D eigenvalue weighted by molar-refractivity contribution is -0.122. The molecule has 94 valence electrons. The number of nitrogens with one attached hydrogen (secondary N) is 2. The highest BCUT2D eigenvalue weighted by Crippen LogP contribution is 2.26. The van der Waals surface area contributed by atoms with Gasteiger partial charge in [0.1, 0.15) is 0 Å². The number of hydrogen-bond donors (Lipinski definition) is 2. The van der Waals surface area contributed by atoms with Crippen LogP contribution in [0.15, 0.2) is 0 Å². The first-order chi connectivity index (χ1) is 7.74. The molecule has 1 atom stereocenters. The molecule has 0 radical (unpaired) electrons. The molecule has 0 aromatic rings. The van der Waals surface area contributed by atoms with Crippen molar-refractivity contribution in [2.75, 3.05) is 13.1 Å². The molecule has 3 heteroatoms. The number of hydrogen-bond acceptors (Lipinski definition) is 2. The quantitative estimate of drug-likeness (QED) is 0.681. The van der Waals surface area contributed by atoms with Crippen LogP contribution in [-0.2, 0) is 4.79 Å². The van der Waals surface area contributed by atoms with Gasteiger partial charge in [-0.2, -0.15) is 0 Å². The van der Waals surface area contributed by atoms with Crippen LogP contribution in [-0.4, -0.2) is 25.0 Å². The fourth-order valence-corrected chi connectivity index (χ4v) is 2.46. The molecule has 0 spiro atoms. The first-order valence-corrected chi connectivity index (χ1v) is 6.74. The highest BCUT2D eigenvalue weighted by Gasteiger charge is 2.20. The van der Waals surface area contributed by atoms with Crippen molar-refractivity contribution < 1.29 is 4.79 Å². The van der Waals surface area contributed by atoms with Crippen molar-refractivity contribution in [2.24, 2.45) is 5.92 Å². The molecule has 1 aliphatic carbocycles. The second kappa shape index (κ2) is 7.66. The van der Waals surface area contributed by atoms with Gasteiger partial charge in [0.25, 0.3) is 0 Å². The summed E-state index contributed by atoms with van der Waals surface area (Å²) in [4.78, 5) is 11.6. The smallest absolute Gasteiger partial charge is 0.221 e. The zero-order valence-electron chi connectivity index (χ0n) is 10.7. The highest BCUT2D eigenvalue weighted by atomic mass is 16.1. The van der Waals surface area contributed by atoms with Gasteiger partial charge in [0.2, 0.25) is 5.91 Å². The van der Waals surface area contributed by atoms with E-state index in [1.807, 2.05) is 0 Å². The molecule has 0 aliphatic heterocycles. The average Bonchev–Trinajstić information content (AvgIpc) is 2.30. The van der Waals surface area contributed by atoms with E-state index >= 15 is 0 Å². The molecular weight excluding hydrogens is 200 g/mol. The van der Waals surface area contributed by atoms with Crippen LogP contribution in [0.2, 0.25) is 0 Å². The lowest BCUT2D eigenvalue weighted by Crippen LogP contribution is -2.39. The Morgan fingerprint density at radius 2 is 2.00 bits per heavy atom. The SMILES string of the molecule is CCNCCC(=O)N[C@@H](C)C1CCCCC1. The zero-order chi connectivity index (χ0) is 11.8. The fourth-order valence-electron chi connectivity index (χ4n) is 2.46. The van der Waals surface area contributed by atoms with Gasteiger partial charge in [0.15, 0.2) is 0 Å². The first-order valence-electron chi connectivity index (χ1n) is 6.74. The molecule has 3 nitrogen and oxygen atoms in total. The molecule has 0 unspecified atom stereocenters. The molecule has 16 heavy (non-hydrogen) atoms. The van der Waals surface area contributed by atoms with Crippen molar-refractivity contribution >= 4 is 5.91 Å². The van der Waals surface area contributed by atoms with Gasteiger partial charge in [-0.3, -0.25) is 4.79 Å². The van der Waals surface area contributed by atoms with Gasteiger partial charge in [0, 0.05) is 19.0 Å². The normalized spacial score (nSPS) is 19.4. The van der Waals surface area contributed by atoms with E-state index in [1.54, 1.807) is 0 Å². The molecule has 0 saturated heterocycles. The number of carbonyl (C=O) groups is 1. The predicted octanol–water partition coefficient (Wildman–Crippen LogP) is 2.07. The van der Waals surface area contributed by atoms with Crippen LogP contribution in [0.4, 0.5) is 0 Å². The molecule has 0 heterocycles. The van der Waals surface area contributed by atoms with E-state index in [2.05, 4.69) is 24.5 Å². The third-order valence-electron chi connectivity index (χ3n) is 3.52. The van der Waals surface area contributed by atoms with Crippen LogP contribution in [0.1, 0.15) is 52.4 Å². The summed E-state index contributed by atoms with van der Waals surface area (Å²) < 4.78 is 0. The van der Waals surface area contributed by atoms with E-state index in [9.17, 15) is 4.79 Å². The van der Waals surface area contributed by atoms with E-state index in [0.717, 1.165) is 13.1 Å². The van der Waals surface area contributed by atoms with Gasteiger partial charge in [-0.15, -0.1) is 0 Å². The minimum absolute atomic E-state index is 0.194.